The average molecular weight is 267 g/mol. The number of carbonyl (C=O) groups is 1. The summed E-state index contributed by atoms with van der Waals surface area (Å²) in [6.07, 6.45) is -3.67. The van der Waals surface area contributed by atoms with E-state index in [2.05, 4.69) is 5.32 Å². The first-order valence-corrected chi connectivity index (χ1v) is 6.14. The van der Waals surface area contributed by atoms with E-state index in [1.165, 1.54) is 0 Å². The van der Waals surface area contributed by atoms with Gasteiger partial charge in [-0.05, 0) is 40.0 Å². The third kappa shape index (κ3) is 5.14. The molecule has 1 fully saturated rings. The molecule has 0 spiro atoms. The molecule has 0 aromatic rings. The fourth-order valence-corrected chi connectivity index (χ4v) is 2.09. The maximum absolute atomic E-state index is 12.6. The number of nitrogens with one attached hydrogen (secondary N) is 1. The van der Waals surface area contributed by atoms with Crippen molar-refractivity contribution in [3.63, 3.8) is 0 Å². The Morgan fingerprint density at radius 3 is 2.33 bits per heavy atom. The molecule has 1 amide bonds. The summed E-state index contributed by atoms with van der Waals surface area (Å²) in [6.45, 7) is 5.14. The summed E-state index contributed by atoms with van der Waals surface area (Å²) in [6, 6.07) is -0.444. The van der Waals surface area contributed by atoms with E-state index in [4.69, 9.17) is 4.74 Å². The van der Waals surface area contributed by atoms with Gasteiger partial charge in [0.2, 0.25) is 0 Å². The molecule has 0 radical (unpaired) electrons. The molecule has 1 N–H and O–H groups in total. The van der Waals surface area contributed by atoms with Crippen molar-refractivity contribution in [1.29, 1.82) is 0 Å². The van der Waals surface area contributed by atoms with Gasteiger partial charge in [0.15, 0.2) is 0 Å². The van der Waals surface area contributed by atoms with Crippen LogP contribution in [-0.4, -0.2) is 23.9 Å². The number of halogens is 3. The van der Waals surface area contributed by atoms with Crippen molar-refractivity contribution in [2.24, 2.45) is 5.92 Å². The van der Waals surface area contributed by atoms with Crippen molar-refractivity contribution in [3.05, 3.63) is 0 Å². The molecule has 0 bridgehead atoms. The van der Waals surface area contributed by atoms with Crippen LogP contribution in [0.3, 0.4) is 0 Å². The molecule has 1 rings (SSSR count). The van der Waals surface area contributed by atoms with Gasteiger partial charge < -0.3 is 10.1 Å². The maximum Gasteiger partial charge on any atom is 0.407 e. The fraction of sp³-hybridized carbons (Fsp3) is 0.917. The Hall–Kier alpha value is -0.940. The number of ether oxygens (including phenoxy) is 1. The highest BCUT2D eigenvalue weighted by Gasteiger charge is 2.42. The minimum atomic E-state index is -4.17. The summed E-state index contributed by atoms with van der Waals surface area (Å²) in [5.74, 6) is -1.31. The lowest BCUT2D eigenvalue weighted by Crippen LogP contribution is -2.43. The molecule has 18 heavy (non-hydrogen) atoms. The van der Waals surface area contributed by atoms with Crippen LogP contribution in [0.5, 0.6) is 0 Å². The van der Waals surface area contributed by atoms with Crippen molar-refractivity contribution in [2.45, 2.75) is 64.3 Å². The highest BCUT2D eigenvalue weighted by Crippen LogP contribution is 2.37. The van der Waals surface area contributed by atoms with Crippen LogP contribution in [0.4, 0.5) is 18.0 Å². The van der Waals surface area contributed by atoms with Gasteiger partial charge in [0.25, 0.3) is 0 Å². The van der Waals surface area contributed by atoms with Crippen molar-refractivity contribution in [2.75, 3.05) is 0 Å². The lowest BCUT2D eigenvalue weighted by Gasteiger charge is -2.31. The van der Waals surface area contributed by atoms with Gasteiger partial charge in [-0.3, -0.25) is 0 Å². The number of alkyl halides is 3. The van der Waals surface area contributed by atoms with Gasteiger partial charge in [-0.1, -0.05) is 6.42 Å². The van der Waals surface area contributed by atoms with Crippen molar-refractivity contribution in [1.82, 2.24) is 5.32 Å². The van der Waals surface area contributed by atoms with Crippen LogP contribution in [0.25, 0.3) is 0 Å². The SMILES string of the molecule is CC(C)(C)OC(=O)N[C@H]1CCC[C@@H](C(F)(F)F)C1. The fourth-order valence-electron chi connectivity index (χ4n) is 2.09. The number of rotatable bonds is 1. The Morgan fingerprint density at radius 2 is 1.83 bits per heavy atom. The van der Waals surface area contributed by atoms with Crippen LogP contribution >= 0.6 is 0 Å². The summed E-state index contributed by atoms with van der Waals surface area (Å²) < 4.78 is 42.8. The van der Waals surface area contributed by atoms with Gasteiger partial charge in [-0.2, -0.15) is 13.2 Å². The summed E-state index contributed by atoms with van der Waals surface area (Å²) in [7, 11) is 0. The van der Waals surface area contributed by atoms with E-state index in [0.29, 0.717) is 12.8 Å². The first-order valence-electron chi connectivity index (χ1n) is 6.14. The topological polar surface area (TPSA) is 38.3 Å². The van der Waals surface area contributed by atoms with Gasteiger partial charge >= 0.3 is 12.3 Å². The van der Waals surface area contributed by atoms with Crippen LogP contribution in [0, 0.1) is 5.92 Å². The summed E-state index contributed by atoms with van der Waals surface area (Å²) in [4.78, 5) is 11.5. The number of hydrogen-bond donors (Lipinski definition) is 1. The van der Waals surface area contributed by atoms with Crippen molar-refractivity contribution < 1.29 is 22.7 Å². The van der Waals surface area contributed by atoms with Crippen LogP contribution < -0.4 is 5.32 Å². The lowest BCUT2D eigenvalue weighted by molar-refractivity contribution is -0.183. The molecular weight excluding hydrogens is 247 g/mol. The quantitative estimate of drug-likeness (QED) is 0.787. The summed E-state index contributed by atoms with van der Waals surface area (Å²) in [5, 5.41) is 2.52. The molecule has 1 saturated carbocycles. The zero-order chi connectivity index (χ0) is 14.0. The van der Waals surface area contributed by atoms with Gasteiger partial charge in [-0.25, -0.2) is 4.79 Å². The van der Waals surface area contributed by atoms with Crippen LogP contribution in [0.15, 0.2) is 0 Å². The van der Waals surface area contributed by atoms with Crippen molar-refractivity contribution in [3.8, 4) is 0 Å². The molecule has 1 aliphatic carbocycles. The maximum atomic E-state index is 12.6. The van der Waals surface area contributed by atoms with E-state index >= 15 is 0 Å². The molecule has 2 atom stereocenters. The Labute approximate surface area is 105 Å². The molecular formula is C12H20F3NO2. The molecule has 0 heterocycles. The smallest absolute Gasteiger partial charge is 0.407 e. The minimum absolute atomic E-state index is 0.0528. The molecule has 0 aromatic carbocycles. The van der Waals surface area contributed by atoms with E-state index in [0.717, 1.165) is 0 Å². The number of amides is 1. The Bertz CT molecular complexity index is 297. The predicted octanol–water partition coefficient (Wildman–Crippen LogP) is 3.63. The molecule has 1 aliphatic rings. The van der Waals surface area contributed by atoms with E-state index < -0.39 is 29.8 Å². The van der Waals surface area contributed by atoms with Crippen molar-refractivity contribution >= 4 is 6.09 Å². The van der Waals surface area contributed by atoms with E-state index in [-0.39, 0.29) is 12.8 Å². The third-order valence-electron chi connectivity index (χ3n) is 2.86. The number of carbonyl (C=O) groups excluding carboxylic acids is 1. The summed E-state index contributed by atoms with van der Waals surface area (Å²) >= 11 is 0. The molecule has 0 unspecified atom stereocenters. The molecule has 3 nitrogen and oxygen atoms in total. The molecule has 0 saturated heterocycles. The molecule has 106 valence electrons. The number of alkyl carbamates (subject to hydrolysis) is 1. The Balaban J connectivity index is 2.46. The predicted molar refractivity (Wildman–Crippen MR) is 61.2 cm³/mol. The van der Waals surface area contributed by atoms with E-state index in [9.17, 15) is 18.0 Å². The molecule has 6 heteroatoms. The van der Waals surface area contributed by atoms with Gasteiger partial charge in [0.05, 0.1) is 5.92 Å². The standard InChI is InChI=1S/C12H20F3NO2/c1-11(2,3)18-10(17)16-9-6-4-5-8(7-9)12(13,14)15/h8-9H,4-7H2,1-3H3,(H,16,17)/t8-,9+/m1/s1. The summed E-state index contributed by atoms with van der Waals surface area (Å²) in [5.41, 5.74) is -0.637. The van der Waals surface area contributed by atoms with Crippen LogP contribution in [-0.2, 0) is 4.74 Å². The van der Waals surface area contributed by atoms with Gasteiger partial charge in [0, 0.05) is 6.04 Å². The lowest BCUT2D eigenvalue weighted by atomic mass is 9.85. The Kier molecular flexibility index (Phi) is 4.50. The second-order valence-corrected chi connectivity index (χ2v) is 5.75. The second kappa shape index (κ2) is 5.36. The van der Waals surface area contributed by atoms with Crippen LogP contribution in [0.2, 0.25) is 0 Å². The molecule has 0 aromatic heterocycles. The largest absolute Gasteiger partial charge is 0.444 e. The van der Waals surface area contributed by atoms with E-state index in [1.807, 2.05) is 0 Å². The number of hydrogen-bond acceptors (Lipinski definition) is 2. The zero-order valence-corrected chi connectivity index (χ0v) is 10.9. The highest BCUT2D eigenvalue weighted by molar-refractivity contribution is 5.68. The van der Waals surface area contributed by atoms with Crippen LogP contribution in [0.1, 0.15) is 46.5 Å². The van der Waals surface area contributed by atoms with Gasteiger partial charge in [-0.15, -0.1) is 0 Å². The minimum Gasteiger partial charge on any atom is -0.444 e. The average Bonchev–Trinajstić information content (AvgIpc) is 2.13. The van der Waals surface area contributed by atoms with Gasteiger partial charge in [0.1, 0.15) is 5.60 Å². The third-order valence-corrected chi connectivity index (χ3v) is 2.86. The zero-order valence-electron chi connectivity index (χ0n) is 10.9. The monoisotopic (exact) mass is 267 g/mol. The first kappa shape index (κ1) is 15.1. The highest BCUT2D eigenvalue weighted by atomic mass is 19.4. The Morgan fingerprint density at radius 1 is 1.22 bits per heavy atom. The second-order valence-electron chi connectivity index (χ2n) is 5.75. The molecule has 0 aliphatic heterocycles. The normalized spacial score (nSPS) is 25.7. The van der Waals surface area contributed by atoms with E-state index in [1.54, 1.807) is 20.8 Å². The first-order chi connectivity index (χ1) is 8.08.